The first-order valence-corrected chi connectivity index (χ1v) is 7.01. The highest BCUT2D eigenvalue weighted by atomic mass is 19.3. The Kier molecular flexibility index (Phi) is 8.14. The summed E-state index contributed by atoms with van der Waals surface area (Å²) in [5, 5.41) is 3.33. The van der Waals surface area contributed by atoms with E-state index >= 15 is 0 Å². The first kappa shape index (κ1) is 16.9. The van der Waals surface area contributed by atoms with Gasteiger partial charge in [-0.3, -0.25) is 4.90 Å². The Morgan fingerprint density at radius 3 is 2.55 bits per heavy atom. The monoisotopic (exact) mass is 286 g/mol. The number of ether oxygens (including phenoxy) is 1. The molecule has 0 heterocycles. The number of hydrogen-bond acceptors (Lipinski definition) is 3. The van der Waals surface area contributed by atoms with Crippen LogP contribution < -0.4 is 10.1 Å². The van der Waals surface area contributed by atoms with Gasteiger partial charge in [0.1, 0.15) is 12.4 Å². The predicted octanol–water partition coefficient (Wildman–Crippen LogP) is 2.76. The van der Waals surface area contributed by atoms with E-state index in [0.29, 0.717) is 13.2 Å². The lowest BCUT2D eigenvalue weighted by atomic mass is 10.2. The number of rotatable bonds is 10. The molecule has 0 saturated carbocycles. The van der Waals surface area contributed by atoms with Gasteiger partial charge in [0.2, 0.25) is 0 Å². The Hall–Kier alpha value is -1.20. The molecule has 3 nitrogen and oxygen atoms in total. The Morgan fingerprint density at radius 2 is 1.95 bits per heavy atom. The molecule has 0 fully saturated rings. The summed E-state index contributed by atoms with van der Waals surface area (Å²) in [5.41, 5.74) is 1.21. The molecule has 0 saturated heterocycles. The third-order valence-electron chi connectivity index (χ3n) is 2.87. The van der Waals surface area contributed by atoms with Crippen LogP contribution in [0.15, 0.2) is 24.3 Å². The summed E-state index contributed by atoms with van der Waals surface area (Å²) < 4.78 is 29.8. The average molecular weight is 286 g/mol. The first-order valence-electron chi connectivity index (χ1n) is 7.01. The minimum atomic E-state index is -2.30. The lowest BCUT2D eigenvalue weighted by Gasteiger charge is -2.16. The SMILES string of the molecule is CCCNCc1ccc(OCCN(C)CC(F)F)cc1. The fourth-order valence-electron chi connectivity index (χ4n) is 1.76. The highest BCUT2D eigenvalue weighted by Crippen LogP contribution is 2.12. The molecule has 0 spiro atoms. The molecule has 5 heteroatoms. The summed E-state index contributed by atoms with van der Waals surface area (Å²) in [5.74, 6) is 0.773. The Bertz CT molecular complexity index is 357. The maximum absolute atomic E-state index is 12.1. The second-order valence-electron chi connectivity index (χ2n) is 4.82. The molecule has 0 aliphatic rings. The minimum Gasteiger partial charge on any atom is -0.492 e. The lowest BCUT2D eigenvalue weighted by Crippen LogP contribution is -2.28. The fourth-order valence-corrected chi connectivity index (χ4v) is 1.76. The third kappa shape index (κ3) is 7.40. The van der Waals surface area contributed by atoms with E-state index in [2.05, 4.69) is 12.2 Å². The Labute approximate surface area is 119 Å². The van der Waals surface area contributed by atoms with Crippen molar-refractivity contribution >= 4 is 0 Å². The van der Waals surface area contributed by atoms with Crippen molar-refractivity contribution in [1.29, 1.82) is 0 Å². The van der Waals surface area contributed by atoms with Crippen LogP contribution >= 0.6 is 0 Å². The highest BCUT2D eigenvalue weighted by molar-refractivity contribution is 5.27. The van der Waals surface area contributed by atoms with Crippen LogP contribution in [0.3, 0.4) is 0 Å². The zero-order chi connectivity index (χ0) is 14.8. The number of halogens is 2. The van der Waals surface area contributed by atoms with E-state index in [9.17, 15) is 8.78 Å². The van der Waals surface area contributed by atoms with Gasteiger partial charge in [-0.15, -0.1) is 0 Å². The topological polar surface area (TPSA) is 24.5 Å². The highest BCUT2D eigenvalue weighted by Gasteiger charge is 2.07. The van der Waals surface area contributed by atoms with Gasteiger partial charge in [-0.1, -0.05) is 19.1 Å². The van der Waals surface area contributed by atoms with Crippen molar-refractivity contribution in [2.24, 2.45) is 0 Å². The molecule has 0 amide bonds. The van der Waals surface area contributed by atoms with Crippen LogP contribution in [0.25, 0.3) is 0 Å². The summed E-state index contributed by atoms with van der Waals surface area (Å²) in [7, 11) is 1.66. The normalized spacial score (nSPS) is 11.3. The molecule has 20 heavy (non-hydrogen) atoms. The molecule has 114 valence electrons. The van der Waals surface area contributed by atoms with Crippen molar-refractivity contribution in [2.75, 3.05) is 33.3 Å². The molecular weight excluding hydrogens is 262 g/mol. The molecule has 0 aliphatic carbocycles. The minimum absolute atomic E-state index is 0.217. The lowest BCUT2D eigenvalue weighted by molar-refractivity contribution is 0.0935. The molecule has 0 atom stereocenters. The van der Waals surface area contributed by atoms with Crippen LogP contribution in [0.4, 0.5) is 8.78 Å². The molecule has 0 radical (unpaired) electrons. The molecular formula is C15H24F2N2O. The number of likely N-dealkylation sites (N-methyl/N-ethyl adjacent to an activating group) is 1. The second kappa shape index (κ2) is 9.66. The van der Waals surface area contributed by atoms with Crippen LogP contribution in [0.5, 0.6) is 5.75 Å². The van der Waals surface area contributed by atoms with Gasteiger partial charge < -0.3 is 10.1 Å². The van der Waals surface area contributed by atoms with Gasteiger partial charge in [-0.25, -0.2) is 8.78 Å². The zero-order valence-electron chi connectivity index (χ0n) is 12.2. The van der Waals surface area contributed by atoms with Gasteiger partial charge in [0.25, 0.3) is 6.43 Å². The van der Waals surface area contributed by atoms with Crippen LogP contribution in [0.1, 0.15) is 18.9 Å². The molecule has 0 aliphatic heterocycles. The largest absolute Gasteiger partial charge is 0.492 e. The standard InChI is InChI=1S/C15H24F2N2O/c1-3-8-18-11-13-4-6-14(7-5-13)20-10-9-19(2)12-15(16)17/h4-7,15,18H,3,8-12H2,1-2H3. The van der Waals surface area contributed by atoms with Crippen molar-refractivity contribution in [1.82, 2.24) is 10.2 Å². The van der Waals surface area contributed by atoms with Crippen molar-refractivity contribution in [3.63, 3.8) is 0 Å². The van der Waals surface area contributed by atoms with E-state index < -0.39 is 6.43 Å². The average Bonchev–Trinajstić information content (AvgIpc) is 2.40. The maximum Gasteiger partial charge on any atom is 0.251 e. The van der Waals surface area contributed by atoms with E-state index in [1.165, 1.54) is 5.56 Å². The molecule has 1 aromatic rings. The molecule has 0 aromatic heterocycles. The van der Waals surface area contributed by atoms with Crippen molar-refractivity contribution in [3.8, 4) is 5.75 Å². The van der Waals surface area contributed by atoms with Crippen molar-refractivity contribution in [2.45, 2.75) is 26.3 Å². The van der Waals surface area contributed by atoms with E-state index in [0.717, 1.165) is 25.3 Å². The van der Waals surface area contributed by atoms with E-state index in [1.54, 1.807) is 11.9 Å². The van der Waals surface area contributed by atoms with Crippen LogP contribution in [0.2, 0.25) is 0 Å². The molecule has 1 rings (SSSR count). The second-order valence-corrected chi connectivity index (χ2v) is 4.82. The summed E-state index contributed by atoms with van der Waals surface area (Å²) in [4.78, 5) is 1.56. The first-order chi connectivity index (χ1) is 9.61. The maximum atomic E-state index is 12.1. The van der Waals surface area contributed by atoms with Gasteiger partial charge in [0.05, 0.1) is 6.54 Å². The molecule has 0 bridgehead atoms. The van der Waals surface area contributed by atoms with E-state index in [1.807, 2.05) is 24.3 Å². The van der Waals surface area contributed by atoms with Gasteiger partial charge in [-0.05, 0) is 37.7 Å². The Morgan fingerprint density at radius 1 is 1.25 bits per heavy atom. The van der Waals surface area contributed by atoms with Crippen LogP contribution in [-0.2, 0) is 6.54 Å². The predicted molar refractivity (Wildman–Crippen MR) is 77.4 cm³/mol. The van der Waals surface area contributed by atoms with E-state index in [4.69, 9.17) is 4.74 Å². The smallest absolute Gasteiger partial charge is 0.251 e. The number of nitrogens with one attached hydrogen (secondary N) is 1. The number of alkyl halides is 2. The number of nitrogens with zero attached hydrogens (tertiary/aromatic N) is 1. The molecule has 0 unspecified atom stereocenters. The quantitative estimate of drug-likeness (QED) is 0.669. The van der Waals surface area contributed by atoms with E-state index in [-0.39, 0.29) is 6.54 Å². The van der Waals surface area contributed by atoms with Crippen molar-refractivity contribution in [3.05, 3.63) is 29.8 Å². The van der Waals surface area contributed by atoms with Gasteiger partial charge in [0.15, 0.2) is 0 Å². The van der Waals surface area contributed by atoms with Crippen LogP contribution in [-0.4, -0.2) is 44.6 Å². The summed E-state index contributed by atoms with van der Waals surface area (Å²) in [6, 6.07) is 7.86. The zero-order valence-corrected chi connectivity index (χ0v) is 12.2. The van der Waals surface area contributed by atoms with Crippen molar-refractivity contribution < 1.29 is 13.5 Å². The Balaban J connectivity index is 2.24. The number of hydrogen-bond donors (Lipinski definition) is 1. The summed E-state index contributed by atoms with van der Waals surface area (Å²) in [6.07, 6.45) is -1.18. The summed E-state index contributed by atoms with van der Waals surface area (Å²) in [6.45, 7) is 4.68. The van der Waals surface area contributed by atoms with Gasteiger partial charge >= 0.3 is 0 Å². The third-order valence-corrected chi connectivity index (χ3v) is 2.87. The summed E-state index contributed by atoms with van der Waals surface area (Å²) >= 11 is 0. The van der Waals surface area contributed by atoms with Gasteiger partial charge in [0, 0.05) is 13.1 Å². The number of benzene rings is 1. The molecule has 1 N–H and O–H groups in total. The van der Waals surface area contributed by atoms with Gasteiger partial charge in [-0.2, -0.15) is 0 Å². The fraction of sp³-hybridized carbons (Fsp3) is 0.600. The van der Waals surface area contributed by atoms with Crippen LogP contribution in [0, 0.1) is 0 Å². The molecule has 1 aromatic carbocycles.